The number of aromatic nitrogens is 2. The Hall–Kier alpha value is -1.32. The maximum atomic E-state index is 6.00. The van der Waals surface area contributed by atoms with Gasteiger partial charge in [0.05, 0.1) is 23.8 Å². The van der Waals surface area contributed by atoms with Crippen molar-refractivity contribution in [3.63, 3.8) is 0 Å². The molecule has 0 saturated carbocycles. The second-order valence-corrected chi connectivity index (χ2v) is 7.04. The summed E-state index contributed by atoms with van der Waals surface area (Å²) >= 11 is 7.83. The molecule has 25 heavy (non-hydrogen) atoms. The number of hydrogen-bond acceptors (Lipinski definition) is 3. The molecule has 3 aromatic rings. The van der Waals surface area contributed by atoms with Gasteiger partial charge in [0.2, 0.25) is 0 Å². The monoisotopic (exact) mass is 489 g/mol. The fourth-order valence-corrected chi connectivity index (χ4v) is 3.44. The zero-order chi connectivity index (χ0) is 16.9. The predicted octanol–water partition coefficient (Wildman–Crippen LogP) is 4.09. The minimum absolute atomic E-state index is 0. The summed E-state index contributed by atoms with van der Waals surface area (Å²) in [5.41, 5.74) is 1.81. The summed E-state index contributed by atoms with van der Waals surface area (Å²) in [6.45, 7) is 3.54. The molecule has 0 fully saturated rings. The molecular weight excluding hydrogens is 469 g/mol. The van der Waals surface area contributed by atoms with Gasteiger partial charge in [-0.15, -0.1) is 35.3 Å². The van der Waals surface area contributed by atoms with Crippen molar-refractivity contribution in [3.8, 4) is 0 Å². The fourth-order valence-electron chi connectivity index (χ4n) is 2.38. The van der Waals surface area contributed by atoms with Gasteiger partial charge in [-0.2, -0.15) is 0 Å². The molecule has 2 N–H and O–H groups in total. The van der Waals surface area contributed by atoms with Crippen LogP contribution >= 0.6 is 46.9 Å². The molecule has 5 nitrogen and oxygen atoms in total. The van der Waals surface area contributed by atoms with Crippen molar-refractivity contribution >= 4 is 58.5 Å². The number of halogens is 2. The summed E-state index contributed by atoms with van der Waals surface area (Å²) in [5.74, 6) is 0.761. The number of imidazole rings is 1. The van der Waals surface area contributed by atoms with Gasteiger partial charge in [0, 0.05) is 29.2 Å². The molecule has 3 heterocycles. The smallest absolute Gasteiger partial charge is 0.191 e. The molecule has 0 aliphatic heterocycles. The maximum absolute atomic E-state index is 6.00. The largest absolute Gasteiger partial charge is 0.352 e. The summed E-state index contributed by atoms with van der Waals surface area (Å²) in [4.78, 5) is 11.5. The Kier molecular flexibility index (Phi) is 7.52. The first-order chi connectivity index (χ1) is 11.7. The highest BCUT2D eigenvalue weighted by Crippen LogP contribution is 2.16. The van der Waals surface area contributed by atoms with Crippen LogP contribution in [-0.2, 0) is 19.5 Å². The van der Waals surface area contributed by atoms with Crippen LogP contribution in [0.3, 0.4) is 0 Å². The minimum atomic E-state index is 0. The van der Waals surface area contributed by atoms with E-state index >= 15 is 0 Å². The van der Waals surface area contributed by atoms with Gasteiger partial charge in [-0.1, -0.05) is 18.5 Å². The Morgan fingerprint density at radius 3 is 2.64 bits per heavy atom. The summed E-state index contributed by atoms with van der Waals surface area (Å²) < 4.78 is 1.92. The van der Waals surface area contributed by atoms with Gasteiger partial charge in [-0.3, -0.25) is 4.99 Å². The molecule has 0 aliphatic carbocycles. The molecule has 0 unspecified atom stereocenters. The summed E-state index contributed by atoms with van der Waals surface area (Å²) in [7, 11) is 1.77. The Morgan fingerprint density at radius 1 is 1.16 bits per heavy atom. The number of aliphatic imine (C=N–C) groups is 1. The average Bonchev–Trinajstić information content (AvgIpc) is 3.20. The molecule has 0 amide bonds. The van der Waals surface area contributed by atoms with Crippen molar-refractivity contribution in [1.82, 2.24) is 20.0 Å². The second-order valence-electron chi connectivity index (χ2n) is 5.35. The van der Waals surface area contributed by atoms with Crippen LogP contribution in [0.5, 0.6) is 0 Å². The van der Waals surface area contributed by atoms with Crippen LogP contribution < -0.4 is 10.6 Å². The van der Waals surface area contributed by atoms with E-state index in [4.69, 9.17) is 11.6 Å². The van der Waals surface area contributed by atoms with Gasteiger partial charge in [-0.25, -0.2) is 4.98 Å². The maximum Gasteiger partial charge on any atom is 0.191 e. The van der Waals surface area contributed by atoms with E-state index in [1.165, 1.54) is 9.75 Å². The van der Waals surface area contributed by atoms with Crippen molar-refractivity contribution in [1.29, 1.82) is 0 Å². The number of rotatable bonds is 5. The lowest BCUT2D eigenvalue weighted by Gasteiger charge is -2.09. The highest BCUT2D eigenvalue weighted by atomic mass is 127. The first kappa shape index (κ1) is 20.0. The van der Waals surface area contributed by atoms with Crippen molar-refractivity contribution in [3.05, 3.63) is 57.1 Å². The first-order valence-electron chi connectivity index (χ1n) is 7.83. The quantitative estimate of drug-likeness (QED) is 0.322. The van der Waals surface area contributed by atoms with Gasteiger partial charge in [-0.05, 0) is 30.7 Å². The highest BCUT2D eigenvalue weighted by Gasteiger charge is 2.05. The topological polar surface area (TPSA) is 53.7 Å². The summed E-state index contributed by atoms with van der Waals surface area (Å²) in [5, 5.41) is 7.31. The van der Waals surface area contributed by atoms with Crippen LogP contribution in [0.2, 0.25) is 5.02 Å². The number of guanidine groups is 1. The summed E-state index contributed by atoms with van der Waals surface area (Å²) in [6.07, 6.45) is 4.90. The number of pyridine rings is 1. The summed E-state index contributed by atoms with van der Waals surface area (Å²) in [6, 6.07) is 8.09. The number of nitrogens with one attached hydrogen (secondary N) is 2. The zero-order valence-corrected chi connectivity index (χ0v) is 18.0. The third kappa shape index (κ3) is 5.32. The SMILES string of the molecule is CCc1ccc(CNC(=NC)NCc2cn3cc(Cl)ccc3n2)s1.I. The first-order valence-corrected chi connectivity index (χ1v) is 9.02. The Morgan fingerprint density at radius 2 is 1.92 bits per heavy atom. The van der Waals surface area contributed by atoms with E-state index in [0.717, 1.165) is 30.3 Å². The molecule has 0 aliphatic rings. The minimum Gasteiger partial charge on any atom is -0.352 e. The molecule has 3 aromatic heterocycles. The normalized spacial score (nSPS) is 11.4. The van der Waals surface area contributed by atoms with Crippen LogP contribution in [0.1, 0.15) is 22.4 Å². The number of thiophene rings is 1. The van der Waals surface area contributed by atoms with Gasteiger partial charge < -0.3 is 15.0 Å². The molecular formula is C17H21ClIN5S. The number of fused-ring (bicyclic) bond motifs is 1. The van der Waals surface area contributed by atoms with Crippen molar-refractivity contribution in [2.75, 3.05) is 7.05 Å². The van der Waals surface area contributed by atoms with Gasteiger partial charge in [0.25, 0.3) is 0 Å². The molecule has 0 spiro atoms. The Labute approximate surface area is 173 Å². The third-order valence-electron chi connectivity index (χ3n) is 3.62. The van der Waals surface area contributed by atoms with Crippen LogP contribution in [0, 0.1) is 0 Å². The van der Waals surface area contributed by atoms with Gasteiger partial charge in [0.1, 0.15) is 5.65 Å². The van der Waals surface area contributed by atoms with Crippen LogP contribution in [0.15, 0.2) is 41.7 Å². The Bertz CT molecular complexity index is 858. The van der Waals surface area contributed by atoms with Crippen molar-refractivity contribution in [2.24, 2.45) is 4.99 Å². The molecule has 8 heteroatoms. The van der Waals surface area contributed by atoms with Crippen molar-refractivity contribution in [2.45, 2.75) is 26.4 Å². The molecule has 0 radical (unpaired) electrons. The van der Waals surface area contributed by atoms with E-state index in [1.54, 1.807) is 7.05 Å². The fraction of sp³-hybridized carbons (Fsp3) is 0.294. The molecule has 0 aromatic carbocycles. The molecule has 0 atom stereocenters. The standard InChI is InChI=1S/C17H20ClN5S.HI/c1-3-14-5-6-15(24-14)9-21-17(19-2)20-8-13-11-23-10-12(18)4-7-16(23)22-13;/h4-7,10-11H,3,8-9H2,1-2H3,(H2,19,20,21);1H. The molecule has 3 rings (SSSR count). The van der Waals surface area contributed by atoms with E-state index in [0.29, 0.717) is 11.6 Å². The Balaban J connectivity index is 0.00000225. The van der Waals surface area contributed by atoms with Crippen LogP contribution in [0.4, 0.5) is 0 Å². The van der Waals surface area contributed by atoms with E-state index < -0.39 is 0 Å². The zero-order valence-electron chi connectivity index (χ0n) is 14.1. The van der Waals surface area contributed by atoms with E-state index in [9.17, 15) is 0 Å². The average molecular weight is 490 g/mol. The molecule has 134 valence electrons. The lowest BCUT2D eigenvalue weighted by molar-refractivity contribution is 0.804. The van der Waals surface area contributed by atoms with Gasteiger partial charge in [0.15, 0.2) is 5.96 Å². The van der Waals surface area contributed by atoms with Gasteiger partial charge >= 0.3 is 0 Å². The number of hydrogen-bond donors (Lipinski definition) is 2. The van der Waals surface area contributed by atoms with E-state index in [1.807, 2.05) is 40.3 Å². The number of nitrogens with zero attached hydrogens (tertiary/aromatic N) is 3. The van der Waals surface area contributed by atoms with E-state index in [-0.39, 0.29) is 24.0 Å². The van der Waals surface area contributed by atoms with Crippen LogP contribution in [-0.4, -0.2) is 22.4 Å². The molecule has 0 saturated heterocycles. The van der Waals surface area contributed by atoms with Crippen molar-refractivity contribution < 1.29 is 0 Å². The molecule has 0 bridgehead atoms. The lowest BCUT2D eigenvalue weighted by atomic mass is 10.3. The second kappa shape index (κ2) is 9.40. The third-order valence-corrected chi connectivity index (χ3v) is 5.07. The highest BCUT2D eigenvalue weighted by molar-refractivity contribution is 14.0. The lowest BCUT2D eigenvalue weighted by Crippen LogP contribution is -2.36. The van der Waals surface area contributed by atoms with E-state index in [2.05, 4.69) is 39.7 Å². The van der Waals surface area contributed by atoms with Crippen LogP contribution in [0.25, 0.3) is 5.65 Å². The number of aryl methyl sites for hydroxylation is 1. The predicted molar refractivity (Wildman–Crippen MR) is 116 cm³/mol.